The van der Waals surface area contributed by atoms with E-state index in [-0.39, 0.29) is 12.5 Å². The Hall–Kier alpha value is -1.32. The van der Waals surface area contributed by atoms with Crippen molar-refractivity contribution < 1.29 is 19.1 Å². The molecule has 0 atom stereocenters. The molecule has 0 N–H and O–H groups in total. The summed E-state index contributed by atoms with van der Waals surface area (Å²) < 4.78 is 6.71. The highest BCUT2D eigenvalue weighted by Gasteiger charge is 2.37. The van der Waals surface area contributed by atoms with Crippen LogP contribution in [0.1, 0.15) is 18.4 Å². The van der Waals surface area contributed by atoms with Gasteiger partial charge in [-0.1, -0.05) is 0 Å². The Bertz CT molecular complexity index is 783. The lowest BCUT2D eigenvalue weighted by molar-refractivity contribution is -0.135. The molecule has 1 aromatic rings. The number of benzene rings is 1. The molecule has 9 heteroatoms. The van der Waals surface area contributed by atoms with Crippen molar-refractivity contribution in [1.82, 2.24) is 9.80 Å². The highest BCUT2D eigenvalue weighted by molar-refractivity contribution is 9.11. The molecule has 2 heterocycles. The summed E-state index contributed by atoms with van der Waals surface area (Å²) in [7, 11) is 1.56. The number of halogens is 2. The van der Waals surface area contributed by atoms with Crippen LogP contribution in [0.25, 0.3) is 6.08 Å². The molecular formula is C17H16Br2N2O4S. The standard InChI is InChI=1S/C17H16Br2N2O4S/c1-25-15-11(18)6-10(7-12(15)19)8-13-16(23)21(17(24)26-13)9-14(22)20-4-2-3-5-20/h6-8H,2-5,9H2,1H3/b13-8-. The van der Waals surface area contributed by atoms with Crippen molar-refractivity contribution in [3.63, 3.8) is 0 Å². The van der Waals surface area contributed by atoms with Crippen LogP contribution in [-0.4, -0.2) is 53.6 Å². The van der Waals surface area contributed by atoms with Crippen molar-refractivity contribution in [1.29, 1.82) is 0 Å². The van der Waals surface area contributed by atoms with E-state index in [0.29, 0.717) is 23.7 Å². The molecule has 138 valence electrons. The fourth-order valence-corrected chi connectivity index (χ4v) is 5.23. The zero-order chi connectivity index (χ0) is 18.8. The zero-order valence-corrected chi connectivity index (χ0v) is 17.9. The molecule has 3 rings (SSSR count). The average molecular weight is 504 g/mol. The van der Waals surface area contributed by atoms with Crippen LogP contribution in [-0.2, 0) is 9.59 Å². The summed E-state index contributed by atoms with van der Waals surface area (Å²) in [5, 5.41) is -0.416. The molecule has 1 aromatic carbocycles. The number of methoxy groups -OCH3 is 1. The highest BCUT2D eigenvalue weighted by Crippen LogP contribution is 2.37. The minimum Gasteiger partial charge on any atom is -0.494 e. The third kappa shape index (κ3) is 3.99. The van der Waals surface area contributed by atoms with Crippen molar-refractivity contribution in [3.8, 4) is 5.75 Å². The maximum absolute atomic E-state index is 12.6. The molecule has 0 saturated carbocycles. The van der Waals surface area contributed by atoms with Gasteiger partial charge < -0.3 is 9.64 Å². The lowest BCUT2D eigenvalue weighted by atomic mass is 10.2. The summed E-state index contributed by atoms with van der Waals surface area (Å²) in [6.07, 6.45) is 3.57. The molecule has 0 aromatic heterocycles. The van der Waals surface area contributed by atoms with E-state index in [4.69, 9.17) is 4.74 Å². The molecule has 2 saturated heterocycles. The first-order valence-electron chi connectivity index (χ1n) is 7.97. The number of likely N-dealkylation sites (tertiary alicyclic amines) is 1. The molecule has 0 bridgehead atoms. The van der Waals surface area contributed by atoms with Gasteiger partial charge in [0.15, 0.2) is 0 Å². The molecule has 0 unspecified atom stereocenters. The Morgan fingerprint density at radius 2 is 1.85 bits per heavy atom. The molecule has 0 radical (unpaired) electrons. The van der Waals surface area contributed by atoms with E-state index in [2.05, 4.69) is 31.9 Å². The van der Waals surface area contributed by atoms with Crippen molar-refractivity contribution in [2.45, 2.75) is 12.8 Å². The second kappa shape index (κ2) is 8.14. The van der Waals surface area contributed by atoms with Gasteiger partial charge in [0.1, 0.15) is 12.3 Å². The SMILES string of the molecule is COc1c(Br)cc(/C=C2\SC(=O)N(CC(=O)N3CCCC3)C2=O)cc1Br. The summed E-state index contributed by atoms with van der Waals surface area (Å²) in [6.45, 7) is 1.19. The van der Waals surface area contributed by atoms with Gasteiger partial charge in [0.2, 0.25) is 5.91 Å². The second-order valence-electron chi connectivity index (χ2n) is 5.87. The van der Waals surface area contributed by atoms with E-state index in [1.165, 1.54) is 0 Å². The number of thioether (sulfide) groups is 1. The number of imide groups is 1. The van der Waals surface area contributed by atoms with E-state index in [0.717, 1.165) is 44.0 Å². The monoisotopic (exact) mass is 502 g/mol. The first kappa shape index (κ1) is 19.4. The van der Waals surface area contributed by atoms with E-state index >= 15 is 0 Å². The number of ether oxygens (including phenoxy) is 1. The Kier molecular flexibility index (Phi) is 6.09. The van der Waals surface area contributed by atoms with Crippen LogP contribution in [0, 0.1) is 0 Å². The van der Waals surface area contributed by atoms with Crippen molar-refractivity contribution in [2.24, 2.45) is 0 Å². The van der Waals surface area contributed by atoms with Gasteiger partial charge in [0.05, 0.1) is 21.0 Å². The number of amides is 3. The number of hydrogen-bond acceptors (Lipinski definition) is 5. The molecule has 2 aliphatic heterocycles. The van der Waals surface area contributed by atoms with E-state index in [1.54, 1.807) is 30.2 Å². The van der Waals surface area contributed by atoms with Crippen LogP contribution in [0.5, 0.6) is 5.75 Å². The van der Waals surface area contributed by atoms with Crippen molar-refractivity contribution >= 4 is 66.8 Å². The molecule has 0 spiro atoms. The largest absolute Gasteiger partial charge is 0.494 e. The predicted octanol–water partition coefficient (Wildman–Crippen LogP) is 3.88. The minimum atomic E-state index is -0.435. The Balaban J connectivity index is 1.78. The molecule has 2 fully saturated rings. The van der Waals surface area contributed by atoms with Gasteiger partial charge in [-0.3, -0.25) is 19.3 Å². The van der Waals surface area contributed by atoms with Crippen LogP contribution < -0.4 is 4.74 Å². The summed E-state index contributed by atoms with van der Waals surface area (Å²) in [6, 6.07) is 3.60. The Labute approximate surface area is 172 Å². The van der Waals surface area contributed by atoms with Gasteiger partial charge in [-0.2, -0.15) is 0 Å². The predicted molar refractivity (Wildman–Crippen MR) is 107 cm³/mol. The second-order valence-corrected chi connectivity index (χ2v) is 8.58. The molecule has 3 amide bonds. The fraction of sp³-hybridized carbons (Fsp3) is 0.353. The summed E-state index contributed by atoms with van der Waals surface area (Å²) in [5.74, 6) is 0.0306. The van der Waals surface area contributed by atoms with Gasteiger partial charge >= 0.3 is 0 Å². The minimum absolute atomic E-state index is 0.180. The van der Waals surface area contributed by atoms with Crippen LogP contribution in [0.15, 0.2) is 26.0 Å². The maximum atomic E-state index is 12.6. The first-order valence-corrected chi connectivity index (χ1v) is 10.4. The lowest BCUT2D eigenvalue weighted by Crippen LogP contribution is -2.40. The third-order valence-electron chi connectivity index (χ3n) is 4.15. The molecule has 26 heavy (non-hydrogen) atoms. The van der Waals surface area contributed by atoms with Gasteiger partial charge in [-0.25, -0.2) is 0 Å². The number of hydrogen-bond donors (Lipinski definition) is 0. The summed E-state index contributed by atoms with van der Waals surface area (Å²) >= 11 is 7.68. The van der Waals surface area contributed by atoms with Crippen LogP contribution in [0.2, 0.25) is 0 Å². The number of carbonyl (C=O) groups is 3. The first-order chi connectivity index (χ1) is 12.4. The quantitative estimate of drug-likeness (QED) is 0.583. The van der Waals surface area contributed by atoms with Gasteiger partial charge in [-0.05, 0) is 80.2 Å². The van der Waals surface area contributed by atoms with Crippen LogP contribution in [0.3, 0.4) is 0 Å². The average Bonchev–Trinajstić information content (AvgIpc) is 3.20. The fourth-order valence-electron chi connectivity index (χ4n) is 2.85. The van der Waals surface area contributed by atoms with Gasteiger partial charge in [-0.15, -0.1) is 0 Å². The van der Waals surface area contributed by atoms with Gasteiger partial charge in [0.25, 0.3) is 11.1 Å². The maximum Gasteiger partial charge on any atom is 0.294 e. The normalized spacial score (nSPS) is 19.0. The third-order valence-corrected chi connectivity index (χ3v) is 6.23. The zero-order valence-electron chi connectivity index (χ0n) is 14.0. The number of carbonyl (C=O) groups excluding carboxylic acids is 3. The topological polar surface area (TPSA) is 66.9 Å². The highest BCUT2D eigenvalue weighted by atomic mass is 79.9. The van der Waals surface area contributed by atoms with E-state index < -0.39 is 11.1 Å². The van der Waals surface area contributed by atoms with E-state index in [1.807, 2.05) is 0 Å². The van der Waals surface area contributed by atoms with E-state index in [9.17, 15) is 14.4 Å². The molecule has 6 nitrogen and oxygen atoms in total. The van der Waals surface area contributed by atoms with Crippen LogP contribution >= 0.6 is 43.6 Å². The smallest absolute Gasteiger partial charge is 0.294 e. The summed E-state index contributed by atoms with van der Waals surface area (Å²) in [5.41, 5.74) is 0.737. The molecule has 2 aliphatic rings. The van der Waals surface area contributed by atoms with Crippen molar-refractivity contribution in [3.05, 3.63) is 31.5 Å². The lowest BCUT2D eigenvalue weighted by Gasteiger charge is -2.18. The number of rotatable bonds is 4. The molecular weight excluding hydrogens is 488 g/mol. The summed E-state index contributed by atoms with van der Waals surface area (Å²) in [4.78, 5) is 40.0. The van der Waals surface area contributed by atoms with Gasteiger partial charge in [0, 0.05) is 13.1 Å². The van der Waals surface area contributed by atoms with Crippen LogP contribution in [0.4, 0.5) is 4.79 Å². The molecule has 0 aliphatic carbocycles. The van der Waals surface area contributed by atoms with Crippen molar-refractivity contribution in [2.75, 3.05) is 26.7 Å². The Morgan fingerprint density at radius 1 is 1.23 bits per heavy atom. The number of nitrogens with zero attached hydrogens (tertiary/aromatic N) is 2. The Morgan fingerprint density at radius 3 is 2.42 bits per heavy atom.